The number of aliphatic imine (C=N–C) groups is 2. The molecule has 2 heterocycles. The number of piperazine rings is 1. The van der Waals surface area contributed by atoms with E-state index in [1.165, 1.54) is 6.07 Å². The number of hydrogen-bond donors (Lipinski definition) is 0. The Kier molecular flexibility index (Phi) is 6.50. The Labute approximate surface area is 177 Å². The van der Waals surface area contributed by atoms with Gasteiger partial charge in [0, 0.05) is 49.9 Å². The average Bonchev–Trinajstić information content (AvgIpc) is 2.67. The van der Waals surface area contributed by atoms with Crippen LogP contribution in [0, 0.1) is 5.82 Å². The number of fused-ring (bicyclic) bond motifs is 1. The van der Waals surface area contributed by atoms with Crippen LogP contribution in [0.3, 0.4) is 0 Å². The van der Waals surface area contributed by atoms with Crippen molar-refractivity contribution >= 4 is 34.9 Å². The number of benzene rings is 1. The third-order valence-electron chi connectivity index (χ3n) is 5.03. The van der Waals surface area contributed by atoms with Gasteiger partial charge in [-0.2, -0.15) is 0 Å². The van der Waals surface area contributed by atoms with Crippen LogP contribution < -0.4 is 0 Å². The lowest BCUT2D eigenvalue weighted by atomic mass is 9.95. The van der Waals surface area contributed by atoms with Gasteiger partial charge in [0.1, 0.15) is 5.82 Å². The quantitative estimate of drug-likeness (QED) is 0.634. The highest BCUT2D eigenvalue weighted by molar-refractivity contribution is 6.43. The van der Waals surface area contributed by atoms with Crippen LogP contribution in [0.5, 0.6) is 0 Å². The maximum absolute atomic E-state index is 14.3. The molecule has 4 nitrogen and oxygen atoms in total. The molecule has 0 amide bonds. The summed E-state index contributed by atoms with van der Waals surface area (Å²) in [7, 11) is 2.10. The van der Waals surface area contributed by atoms with Gasteiger partial charge in [-0.05, 0) is 37.3 Å². The zero-order valence-electron chi connectivity index (χ0n) is 17.0. The highest BCUT2D eigenvalue weighted by atomic mass is 35.5. The lowest BCUT2D eigenvalue weighted by Crippen LogP contribution is -2.49. The molecule has 6 heteroatoms. The second-order valence-corrected chi connectivity index (χ2v) is 7.83. The first kappa shape index (κ1) is 21.2. The van der Waals surface area contributed by atoms with E-state index >= 15 is 0 Å². The van der Waals surface area contributed by atoms with Crippen molar-refractivity contribution in [2.45, 2.75) is 13.3 Å². The van der Waals surface area contributed by atoms with Crippen LogP contribution in [0.1, 0.15) is 18.9 Å². The first-order valence-electron chi connectivity index (χ1n) is 9.55. The van der Waals surface area contributed by atoms with E-state index in [1.807, 2.05) is 13.0 Å². The summed E-state index contributed by atoms with van der Waals surface area (Å²) in [6.07, 6.45) is 4.17. The Morgan fingerprint density at radius 2 is 1.93 bits per heavy atom. The molecule has 1 fully saturated rings. The molecule has 2 aliphatic rings. The van der Waals surface area contributed by atoms with Crippen LogP contribution >= 0.6 is 11.6 Å². The SMILES string of the molecule is C=CC(=C)C1=Cc2cc(Cl)c(F)cc2N=C(N2CCN(C)CC2)C(=NC(=C)C)C1. The summed E-state index contributed by atoms with van der Waals surface area (Å²) in [6, 6.07) is 2.98. The molecule has 0 spiro atoms. The van der Waals surface area contributed by atoms with E-state index in [0.717, 1.165) is 54.4 Å². The minimum Gasteiger partial charge on any atom is -0.353 e. The Hall–Kier alpha value is -2.50. The van der Waals surface area contributed by atoms with Gasteiger partial charge in [0.25, 0.3) is 0 Å². The molecular weight excluding hydrogens is 387 g/mol. The molecule has 1 aromatic carbocycles. The maximum atomic E-state index is 14.3. The van der Waals surface area contributed by atoms with Gasteiger partial charge in [0.15, 0.2) is 5.84 Å². The second-order valence-electron chi connectivity index (χ2n) is 7.42. The fraction of sp³-hybridized carbons (Fsp3) is 0.304. The van der Waals surface area contributed by atoms with Gasteiger partial charge >= 0.3 is 0 Å². The number of halogens is 2. The molecule has 0 bridgehead atoms. The summed E-state index contributed by atoms with van der Waals surface area (Å²) in [5.41, 5.74) is 4.46. The first-order valence-corrected chi connectivity index (χ1v) is 9.93. The molecule has 0 aliphatic carbocycles. The van der Waals surface area contributed by atoms with Crippen molar-refractivity contribution in [2.75, 3.05) is 33.2 Å². The summed E-state index contributed by atoms with van der Waals surface area (Å²) in [4.78, 5) is 14.0. The van der Waals surface area contributed by atoms with E-state index in [-0.39, 0.29) is 5.02 Å². The van der Waals surface area contributed by atoms with Crippen LogP contribution in [0.25, 0.3) is 6.08 Å². The van der Waals surface area contributed by atoms with Gasteiger partial charge in [0.2, 0.25) is 0 Å². The number of amidine groups is 1. The Morgan fingerprint density at radius 1 is 1.24 bits per heavy atom. The van der Waals surface area contributed by atoms with Crippen molar-refractivity contribution in [3.05, 3.63) is 71.2 Å². The second kappa shape index (κ2) is 8.89. The fourth-order valence-electron chi connectivity index (χ4n) is 3.37. The number of allylic oxidation sites excluding steroid dienone is 4. The highest BCUT2D eigenvalue weighted by Crippen LogP contribution is 2.33. The van der Waals surface area contributed by atoms with E-state index in [9.17, 15) is 4.39 Å². The zero-order valence-corrected chi connectivity index (χ0v) is 17.8. The molecular formula is C23H26ClFN4. The van der Waals surface area contributed by atoms with E-state index in [0.29, 0.717) is 17.8 Å². The monoisotopic (exact) mass is 412 g/mol. The molecule has 0 saturated carbocycles. The summed E-state index contributed by atoms with van der Waals surface area (Å²) >= 11 is 6.05. The molecule has 0 aromatic heterocycles. The van der Waals surface area contributed by atoms with Crippen LogP contribution in [0.2, 0.25) is 5.02 Å². The van der Waals surface area contributed by atoms with Gasteiger partial charge in [-0.3, -0.25) is 4.99 Å². The van der Waals surface area contributed by atoms with E-state index in [2.05, 4.69) is 36.6 Å². The van der Waals surface area contributed by atoms with Crippen LogP contribution in [-0.2, 0) is 0 Å². The molecule has 0 atom stereocenters. The van der Waals surface area contributed by atoms with Gasteiger partial charge in [-0.15, -0.1) is 0 Å². The van der Waals surface area contributed by atoms with Gasteiger partial charge < -0.3 is 9.80 Å². The standard InChI is InChI=1S/C23H26ClFN4/c1-6-16(4)17-11-18-12-19(24)20(25)14-21(18)27-23(22(13-17)26-15(2)3)29-9-7-28(5)8-10-29/h6,11-12,14H,1-2,4,7-10,13H2,3,5H3. The molecule has 0 radical (unpaired) electrons. The van der Waals surface area contributed by atoms with Crippen molar-refractivity contribution in [1.29, 1.82) is 0 Å². The van der Waals surface area contributed by atoms with E-state index in [1.54, 1.807) is 12.1 Å². The van der Waals surface area contributed by atoms with Crippen LogP contribution in [0.15, 0.2) is 64.8 Å². The smallest absolute Gasteiger partial charge is 0.151 e. The number of likely N-dealkylation sites (N-methyl/N-ethyl adjacent to an activating group) is 1. The van der Waals surface area contributed by atoms with Crippen molar-refractivity contribution in [3.8, 4) is 0 Å². The van der Waals surface area contributed by atoms with Crippen LogP contribution in [0.4, 0.5) is 10.1 Å². The fourth-order valence-corrected chi connectivity index (χ4v) is 3.54. The summed E-state index contributed by atoms with van der Waals surface area (Å²) in [5, 5.41) is 0.0660. The molecule has 0 unspecified atom stereocenters. The highest BCUT2D eigenvalue weighted by Gasteiger charge is 2.25. The minimum atomic E-state index is -0.497. The molecule has 1 saturated heterocycles. The molecule has 0 N–H and O–H groups in total. The maximum Gasteiger partial charge on any atom is 0.151 e. The third-order valence-corrected chi connectivity index (χ3v) is 5.32. The van der Waals surface area contributed by atoms with Crippen molar-refractivity contribution in [1.82, 2.24) is 9.80 Å². The largest absolute Gasteiger partial charge is 0.353 e. The Bertz CT molecular complexity index is 950. The summed E-state index contributed by atoms with van der Waals surface area (Å²) in [6.45, 7) is 17.2. The minimum absolute atomic E-state index is 0.0660. The van der Waals surface area contributed by atoms with Crippen molar-refractivity contribution < 1.29 is 4.39 Å². The Balaban J connectivity index is 2.21. The van der Waals surface area contributed by atoms with Gasteiger partial charge in [-0.1, -0.05) is 37.4 Å². The third kappa shape index (κ3) is 4.92. The molecule has 3 rings (SSSR count). The molecule has 152 valence electrons. The van der Waals surface area contributed by atoms with Gasteiger partial charge in [-0.25, -0.2) is 9.38 Å². The lowest BCUT2D eigenvalue weighted by Gasteiger charge is -2.35. The summed E-state index contributed by atoms with van der Waals surface area (Å²) in [5.74, 6) is 0.245. The molecule has 1 aromatic rings. The van der Waals surface area contributed by atoms with E-state index < -0.39 is 5.82 Å². The van der Waals surface area contributed by atoms with Gasteiger partial charge in [0.05, 0.1) is 16.4 Å². The number of hydrogen-bond acceptors (Lipinski definition) is 4. The van der Waals surface area contributed by atoms with Crippen LogP contribution in [-0.4, -0.2) is 54.6 Å². The average molecular weight is 413 g/mol. The summed E-state index contributed by atoms with van der Waals surface area (Å²) < 4.78 is 14.3. The predicted octanol–water partition coefficient (Wildman–Crippen LogP) is 5.26. The zero-order chi connectivity index (χ0) is 21.1. The number of rotatable bonds is 3. The Morgan fingerprint density at radius 3 is 2.55 bits per heavy atom. The number of nitrogens with zero attached hydrogens (tertiary/aromatic N) is 4. The van der Waals surface area contributed by atoms with Crippen molar-refractivity contribution in [2.24, 2.45) is 9.98 Å². The topological polar surface area (TPSA) is 31.2 Å². The van der Waals surface area contributed by atoms with E-state index in [4.69, 9.17) is 21.6 Å². The molecule has 29 heavy (non-hydrogen) atoms. The molecule has 2 aliphatic heterocycles. The predicted molar refractivity (Wildman–Crippen MR) is 122 cm³/mol. The normalized spacial score (nSPS) is 19.0. The lowest BCUT2D eigenvalue weighted by molar-refractivity contribution is 0.217. The first-order chi connectivity index (χ1) is 13.8. The van der Waals surface area contributed by atoms with Crippen molar-refractivity contribution in [3.63, 3.8) is 0 Å².